The number of aryl methyl sites for hydroxylation is 4. The van der Waals surface area contributed by atoms with Crippen molar-refractivity contribution >= 4 is 0 Å². The van der Waals surface area contributed by atoms with Gasteiger partial charge in [-0.15, -0.1) is 0 Å². The van der Waals surface area contributed by atoms with Gasteiger partial charge in [0.25, 0.3) is 0 Å². The molecule has 0 saturated heterocycles. The van der Waals surface area contributed by atoms with Gasteiger partial charge < -0.3 is 18.3 Å². The summed E-state index contributed by atoms with van der Waals surface area (Å²) in [5.41, 5.74) is 11.0. The third-order valence-corrected chi connectivity index (χ3v) is 11.6. The number of hydrogen-bond acceptors (Lipinski definition) is 4. The summed E-state index contributed by atoms with van der Waals surface area (Å²) in [5.74, 6) is 6.43. The molecule has 6 aromatic carbocycles. The lowest BCUT2D eigenvalue weighted by atomic mass is 9.53. The third-order valence-electron chi connectivity index (χ3n) is 11.6. The molecule has 2 aliphatic heterocycles. The van der Waals surface area contributed by atoms with E-state index in [1.54, 1.807) is 0 Å². The maximum absolute atomic E-state index is 7.54. The number of para-hydroxylation sites is 4. The molecule has 8 aromatic rings. The summed E-state index contributed by atoms with van der Waals surface area (Å²) < 4.78 is 28.6. The number of fused-ring (bicyclic) bond motifs is 14. The molecule has 0 bridgehead atoms. The van der Waals surface area contributed by atoms with Gasteiger partial charge in [-0.25, -0.2) is 0 Å². The van der Waals surface area contributed by atoms with Crippen molar-refractivity contribution in [3.8, 4) is 45.6 Å². The summed E-state index contributed by atoms with van der Waals surface area (Å²) in [6, 6.07) is 51.3. The van der Waals surface area contributed by atoms with E-state index in [0.717, 1.165) is 90.5 Å². The van der Waals surface area contributed by atoms with Crippen LogP contribution in [-0.2, 0) is 10.8 Å². The molecule has 0 N–H and O–H groups in total. The van der Waals surface area contributed by atoms with Crippen molar-refractivity contribution in [2.24, 2.45) is 0 Å². The number of benzene rings is 6. The van der Waals surface area contributed by atoms with Crippen LogP contribution in [0.15, 0.2) is 154 Å². The summed E-state index contributed by atoms with van der Waals surface area (Å²) in [4.78, 5) is 0. The molecule has 0 radical (unpaired) electrons. The number of hydrogen-bond donors (Lipinski definition) is 0. The Morgan fingerprint density at radius 1 is 0.333 bits per heavy atom. The predicted molar refractivity (Wildman–Crippen MR) is 211 cm³/mol. The second kappa shape index (κ2) is 11.0. The first-order valence-corrected chi connectivity index (χ1v) is 18.6. The first-order chi connectivity index (χ1) is 26.3. The summed E-state index contributed by atoms with van der Waals surface area (Å²) >= 11 is 0. The lowest BCUT2D eigenvalue weighted by Gasteiger charge is -2.48. The first kappa shape index (κ1) is 31.0. The van der Waals surface area contributed by atoms with Crippen LogP contribution in [0.5, 0.6) is 23.0 Å². The van der Waals surface area contributed by atoms with Crippen LogP contribution in [0, 0.1) is 27.7 Å². The molecule has 2 spiro atoms. The second-order valence-electron chi connectivity index (χ2n) is 15.1. The molecule has 11 rings (SSSR count). The van der Waals surface area contributed by atoms with Crippen molar-refractivity contribution in [1.29, 1.82) is 0 Å². The summed E-state index contributed by atoms with van der Waals surface area (Å²) in [7, 11) is 0. The molecular formula is C50H36O4. The van der Waals surface area contributed by atoms with Crippen molar-refractivity contribution in [1.82, 2.24) is 0 Å². The minimum Gasteiger partial charge on any atom is -0.459 e. The molecule has 1 aliphatic carbocycles. The zero-order chi connectivity index (χ0) is 36.3. The van der Waals surface area contributed by atoms with Gasteiger partial charge in [0.2, 0.25) is 0 Å². The highest BCUT2D eigenvalue weighted by Crippen LogP contribution is 2.68. The van der Waals surface area contributed by atoms with E-state index in [1.807, 2.05) is 24.3 Å². The highest BCUT2D eigenvalue weighted by Gasteiger charge is 2.63. The minimum absolute atomic E-state index is 0.787. The van der Waals surface area contributed by atoms with E-state index < -0.39 is 10.8 Å². The fraction of sp³-hybridized carbons (Fsp3) is 0.120. The zero-order valence-electron chi connectivity index (χ0n) is 30.5. The SMILES string of the molecule is Cc1cc(C)cc(-c2cc3c(o2)C2(c4ccccc4Oc4ccccc42)c2cc(-c4cc(C)cc(C)c4)oc2C32c3ccccc3Oc3ccccc32)c1. The zero-order valence-corrected chi connectivity index (χ0v) is 30.5. The summed E-state index contributed by atoms with van der Waals surface area (Å²) in [5, 5.41) is 0. The molecule has 0 unspecified atom stereocenters. The third kappa shape index (κ3) is 4.03. The molecule has 4 heterocycles. The molecule has 0 atom stereocenters. The van der Waals surface area contributed by atoms with E-state index in [9.17, 15) is 0 Å². The highest BCUT2D eigenvalue weighted by atomic mass is 16.5. The Kier molecular flexibility index (Phi) is 6.33. The van der Waals surface area contributed by atoms with Crippen LogP contribution in [0.2, 0.25) is 0 Å². The average Bonchev–Trinajstić information content (AvgIpc) is 3.83. The summed E-state index contributed by atoms with van der Waals surface area (Å²) in [6.07, 6.45) is 0. The van der Waals surface area contributed by atoms with Gasteiger partial charge in [0.15, 0.2) is 0 Å². The molecule has 260 valence electrons. The van der Waals surface area contributed by atoms with Gasteiger partial charge in [0, 0.05) is 44.5 Å². The normalized spacial score (nSPS) is 14.9. The fourth-order valence-corrected chi connectivity index (χ4v) is 9.72. The van der Waals surface area contributed by atoms with Crippen molar-refractivity contribution in [2.75, 3.05) is 0 Å². The molecule has 54 heavy (non-hydrogen) atoms. The quantitative estimate of drug-likeness (QED) is 0.180. The van der Waals surface area contributed by atoms with Gasteiger partial charge in [-0.05, 0) is 88.4 Å². The topological polar surface area (TPSA) is 44.7 Å². The van der Waals surface area contributed by atoms with Gasteiger partial charge in [-0.1, -0.05) is 107 Å². The Hall–Kier alpha value is -6.52. The Balaban J connectivity index is 1.38. The minimum atomic E-state index is -0.929. The van der Waals surface area contributed by atoms with E-state index in [1.165, 1.54) is 22.3 Å². The Bertz CT molecular complexity index is 2470. The lowest BCUT2D eigenvalue weighted by Crippen LogP contribution is -2.46. The summed E-state index contributed by atoms with van der Waals surface area (Å²) in [6.45, 7) is 8.56. The van der Waals surface area contributed by atoms with Crippen LogP contribution in [0.25, 0.3) is 22.6 Å². The van der Waals surface area contributed by atoms with E-state index in [0.29, 0.717) is 0 Å². The highest BCUT2D eigenvalue weighted by molar-refractivity contribution is 5.82. The van der Waals surface area contributed by atoms with E-state index >= 15 is 0 Å². The number of furan rings is 2. The van der Waals surface area contributed by atoms with Crippen LogP contribution < -0.4 is 9.47 Å². The van der Waals surface area contributed by atoms with Gasteiger partial charge in [0.1, 0.15) is 56.9 Å². The van der Waals surface area contributed by atoms with Crippen molar-refractivity contribution in [3.63, 3.8) is 0 Å². The Labute approximate surface area is 314 Å². The standard InChI is InChI=1S/C50H36O4/c1-29-21-30(2)24-33(23-29)45-27-39-47(53-45)50(37-15-7-11-19-43(37)52-44-20-12-8-16-38(44)50)40-28-46(34-25-31(3)22-32(4)26-34)54-48(40)49(39)35-13-5-9-17-41(35)51-42-18-10-6-14-36(42)49/h5-28H,1-4H3. The van der Waals surface area contributed by atoms with E-state index in [2.05, 4.69) is 149 Å². The van der Waals surface area contributed by atoms with Crippen LogP contribution in [0.3, 0.4) is 0 Å². The molecule has 2 aromatic heterocycles. The molecular weight excluding hydrogens is 665 g/mol. The van der Waals surface area contributed by atoms with Crippen molar-refractivity contribution < 1.29 is 18.3 Å². The number of rotatable bonds is 2. The van der Waals surface area contributed by atoms with Gasteiger partial charge in [-0.2, -0.15) is 0 Å². The van der Waals surface area contributed by atoms with Gasteiger partial charge >= 0.3 is 0 Å². The number of ether oxygens (including phenoxy) is 2. The van der Waals surface area contributed by atoms with Gasteiger partial charge in [0.05, 0.1) is 0 Å². The maximum atomic E-state index is 7.54. The molecule has 0 amide bonds. The largest absolute Gasteiger partial charge is 0.459 e. The van der Waals surface area contributed by atoms with Gasteiger partial charge in [-0.3, -0.25) is 0 Å². The van der Waals surface area contributed by atoms with E-state index in [-0.39, 0.29) is 0 Å². The molecule has 0 saturated carbocycles. The van der Waals surface area contributed by atoms with Crippen LogP contribution >= 0.6 is 0 Å². The average molecular weight is 701 g/mol. The Morgan fingerprint density at radius 2 is 0.630 bits per heavy atom. The van der Waals surface area contributed by atoms with Crippen LogP contribution in [0.4, 0.5) is 0 Å². The van der Waals surface area contributed by atoms with Crippen molar-refractivity contribution in [2.45, 2.75) is 38.5 Å². The Morgan fingerprint density at radius 3 is 0.944 bits per heavy atom. The van der Waals surface area contributed by atoms with Crippen LogP contribution in [0.1, 0.15) is 67.2 Å². The lowest BCUT2D eigenvalue weighted by molar-refractivity contribution is 0.353. The van der Waals surface area contributed by atoms with Crippen molar-refractivity contribution in [3.05, 3.63) is 213 Å². The second-order valence-corrected chi connectivity index (χ2v) is 15.1. The molecule has 0 fully saturated rings. The predicted octanol–water partition coefficient (Wildman–Crippen LogP) is 12.7. The molecule has 3 aliphatic rings. The van der Waals surface area contributed by atoms with E-state index in [4.69, 9.17) is 18.3 Å². The monoisotopic (exact) mass is 700 g/mol. The maximum Gasteiger partial charge on any atom is 0.134 e. The molecule has 4 heteroatoms. The van der Waals surface area contributed by atoms with Crippen LogP contribution in [-0.4, -0.2) is 0 Å². The smallest absolute Gasteiger partial charge is 0.134 e. The molecule has 4 nitrogen and oxygen atoms in total. The first-order valence-electron chi connectivity index (χ1n) is 18.6. The fourth-order valence-electron chi connectivity index (χ4n) is 9.72.